The third kappa shape index (κ3) is 6.40. The van der Waals surface area contributed by atoms with Gasteiger partial charge in [-0.1, -0.05) is 74.5 Å². The van der Waals surface area contributed by atoms with Crippen molar-refractivity contribution in [1.29, 1.82) is 0 Å². The van der Waals surface area contributed by atoms with Crippen LogP contribution in [-0.4, -0.2) is 21.3 Å². The summed E-state index contributed by atoms with van der Waals surface area (Å²) in [4.78, 5) is 0. The standard InChI is InChI=1S/C24H28NO4S/c1-18(2)30-17-22(26)21-13-23(28-15-19-9-5-3-6-10-19)24(14-25(21)27)29-16-20-11-7-4-8-12-20/h3-14,18,22,26-27H,15-17H2,1-2H3/q+1. The second kappa shape index (κ2) is 10.9. The number of hydrogen-bond acceptors (Lipinski definition) is 5. The monoisotopic (exact) mass is 426 g/mol. The van der Waals surface area contributed by atoms with Gasteiger partial charge in [0, 0.05) is 10.5 Å². The molecule has 0 amide bonds. The molecule has 2 aromatic carbocycles. The van der Waals surface area contributed by atoms with Gasteiger partial charge in [0.1, 0.15) is 13.2 Å². The van der Waals surface area contributed by atoms with E-state index < -0.39 is 6.10 Å². The maximum Gasteiger partial charge on any atom is 0.268 e. The first kappa shape index (κ1) is 22.0. The molecule has 2 N–H and O–H groups in total. The molecule has 0 fully saturated rings. The maximum atomic E-state index is 10.6. The number of rotatable bonds is 10. The first-order chi connectivity index (χ1) is 14.5. The van der Waals surface area contributed by atoms with E-state index in [0.717, 1.165) is 15.9 Å². The summed E-state index contributed by atoms with van der Waals surface area (Å²) >= 11 is 1.62. The van der Waals surface area contributed by atoms with Gasteiger partial charge in [0.25, 0.3) is 11.9 Å². The van der Waals surface area contributed by atoms with E-state index in [1.807, 2.05) is 60.7 Å². The van der Waals surface area contributed by atoms with Crippen LogP contribution < -0.4 is 14.2 Å². The zero-order chi connectivity index (χ0) is 21.3. The zero-order valence-electron chi connectivity index (χ0n) is 17.3. The molecule has 0 saturated heterocycles. The van der Waals surface area contributed by atoms with Crippen molar-refractivity contribution in [3.05, 3.63) is 89.7 Å². The number of nitrogens with zero attached hydrogens (tertiary/aromatic N) is 1. The Bertz CT molecular complexity index is 919. The molecule has 0 aliphatic carbocycles. The summed E-state index contributed by atoms with van der Waals surface area (Å²) in [7, 11) is 0. The summed E-state index contributed by atoms with van der Waals surface area (Å²) in [6, 6.07) is 21.3. The molecule has 30 heavy (non-hydrogen) atoms. The van der Waals surface area contributed by atoms with Crippen LogP contribution in [0.2, 0.25) is 0 Å². The van der Waals surface area contributed by atoms with Crippen LogP contribution in [0.1, 0.15) is 36.8 Å². The summed E-state index contributed by atoms with van der Waals surface area (Å²) in [6.45, 7) is 4.83. The largest absolute Gasteiger partial charge is 0.485 e. The number of pyridine rings is 1. The second-order valence-corrected chi connectivity index (χ2v) is 8.83. The molecular weight excluding hydrogens is 398 g/mol. The van der Waals surface area contributed by atoms with Crippen LogP contribution in [0, 0.1) is 0 Å². The fraction of sp³-hybridized carbons (Fsp3) is 0.292. The lowest BCUT2D eigenvalue weighted by Gasteiger charge is -2.14. The van der Waals surface area contributed by atoms with Crippen LogP contribution >= 0.6 is 11.8 Å². The SMILES string of the molecule is CC(C)SCC(O)c1cc(OCc2ccccc2)c(OCc2ccccc2)c[n+]1O. The Morgan fingerprint density at radius 3 is 1.93 bits per heavy atom. The van der Waals surface area contributed by atoms with Crippen molar-refractivity contribution < 1.29 is 24.5 Å². The third-order valence-corrected chi connectivity index (χ3v) is 5.60. The van der Waals surface area contributed by atoms with Gasteiger partial charge < -0.3 is 14.6 Å². The predicted molar refractivity (Wildman–Crippen MR) is 118 cm³/mol. The molecule has 0 aliphatic heterocycles. The number of hydrogen-bond donors (Lipinski definition) is 2. The van der Waals surface area contributed by atoms with E-state index in [-0.39, 0.29) is 0 Å². The second-order valence-electron chi connectivity index (χ2n) is 7.22. The minimum atomic E-state index is -0.829. The van der Waals surface area contributed by atoms with Crippen molar-refractivity contribution in [2.45, 2.75) is 38.4 Å². The van der Waals surface area contributed by atoms with Gasteiger partial charge in [-0.3, -0.25) is 5.21 Å². The van der Waals surface area contributed by atoms with Crippen LogP contribution in [0.25, 0.3) is 0 Å². The number of thioether (sulfide) groups is 1. The molecule has 0 bridgehead atoms. The van der Waals surface area contributed by atoms with Crippen molar-refractivity contribution in [2.75, 3.05) is 5.75 Å². The molecule has 6 heteroatoms. The van der Waals surface area contributed by atoms with Gasteiger partial charge in [0.15, 0.2) is 11.9 Å². The number of aliphatic hydroxyl groups is 1. The Hall–Kier alpha value is -2.70. The van der Waals surface area contributed by atoms with Gasteiger partial charge in [-0.05, 0) is 16.4 Å². The molecule has 158 valence electrons. The van der Waals surface area contributed by atoms with Crippen molar-refractivity contribution in [3.63, 3.8) is 0 Å². The predicted octanol–water partition coefficient (Wildman–Crippen LogP) is 4.54. The molecule has 0 radical (unpaired) electrons. The summed E-state index contributed by atoms with van der Waals surface area (Å²) < 4.78 is 12.9. The van der Waals surface area contributed by atoms with Crippen molar-refractivity contribution in [2.24, 2.45) is 0 Å². The molecule has 1 unspecified atom stereocenters. The minimum absolute atomic E-state index is 0.341. The van der Waals surface area contributed by atoms with Crippen LogP contribution in [0.15, 0.2) is 72.9 Å². The fourth-order valence-electron chi connectivity index (χ4n) is 2.83. The molecular formula is C24H28NO4S+. The molecule has 3 aromatic rings. The highest BCUT2D eigenvalue weighted by atomic mass is 32.2. The van der Waals surface area contributed by atoms with Crippen molar-refractivity contribution in [1.82, 2.24) is 0 Å². The number of benzene rings is 2. The Morgan fingerprint density at radius 1 is 0.867 bits per heavy atom. The first-order valence-electron chi connectivity index (χ1n) is 9.95. The van der Waals surface area contributed by atoms with Crippen LogP contribution in [-0.2, 0) is 13.2 Å². The van der Waals surface area contributed by atoms with Crippen LogP contribution in [0.3, 0.4) is 0 Å². The Labute approximate surface area is 181 Å². The van der Waals surface area contributed by atoms with E-state index in [0.29, 0.717) is 41.4 Å². The molecule has 0 saturated carbocycles. The van der Waals surface area contributed by atoms with Crippen molar-refractivity contribution >= 4 is 11.8 Å². The maximum absolute atomic E-state index is 10.6. The van der Waals surface area contributed by atoms with Gasteiger partial charge in [0.05, 0.1) is 6.07 Å². The van der Waals surface area contributed by atoms with Crippen LogP contribution in [0.5, 0.6) is 11.5 Å². The van der Waals surface area contributed by atoms with E-state index in [1.54, 1.807) is 17.8 Å². The fourth-order valence-corrected chi connectivity index (χ4v) is 3.57. The lowest BCUT2D eigenvalue weighted by Crippen LogP contribution is -2.37. The first-order valence-corrected chi connectivity index (χ1v) is 11.0. The van der Waals surface area contributed by atoms with Gasteiger partial charge in [0.2, 0.25) is 5.75 Å². The zero-order valence-corrected chi connectivity index (χ0v) is 18.1. The van der Waals surface area contributed by atoms with Crippen LogP contribution in [0.4, 0.5) is 0 Å². The van der Waals surface area contributed by atoms with E-state index >= 15 is 0 Å². The summed E-state index contributed by atoms with van der Waals surface area (Å²) in [5.74, 6) is 1.36. The third-order valence-electron chi connectivity index (χ3n) is 4.43. The number of aromatic nitrogens is 1. The van der Waals surface area contributed by atoms with Gasteiger partial charge >= 0.3 is 0 Å². The highest BCUT2D eigenvalue weighted by Crippen LogP contribution is 2.30. The smallest absolute Gasteiger partial charge is 0.268 e. The lowest BCUT2D eigenvalue weighted by atomic mass is 10.2. The average Bonchev–Trinajstić information content (AvgIpc) is 2.76. The van der Waals surface area contributed by atoms with Gasteiger partial charge in [-0.25, -0.2) is 0 Å². The summed E-state index contributed by atoms with van der Waals surface area (Å²) in [6.07, 6.45) is 0.617. The van der Waals surface area contributed by atoms with E-state index in [9.17, 15) is 10.3 Å². The number of ether oxygens (including phenoxy) is 2. The van der Waals surface area contributed by atoms with Gasteiger partial charge in [-0.15, -0.1) is 0 Å². The minimum Gasteiger partial charge on any atom is -0.485 e. The number of aliphatic hydroxyl groups excluding tert-OH is 1. The highest BCUT2D eigenvalue weighted by Gasteiger charge is 2.26. The summed E-state index contributed by atoms with van der Waals surface area (Å²) in [5.41, 5.74) is 2.39. The van der Waals surface area contributed by atoms with Crippen molar-refractivity contribution in [3.8, 4) is 11.5 Å². The Morgan fingerprint density at radius 2 is 1.40 bits per heavy atom. The lowest BCUT2D eigenvalue weighted by molar-refractivity contribution is -0.911. The van der Waals surface area contributed by atoms with E-state index in [4.69, 9.17) is 9.47 Å². The van der Waals surface area contributed by atoms with E-state index in [1.165, 1.54) is 6.20 Å². The Kier molecular flexibility index (Phi) is 7.99. The average molecular weight is 427 g/mol. The molecule has 1 atom stereocenters. The normalized spacial score (nSPS) is 12.0. The quantitative estimate of drug-likeness (QED) is 0.368. The molecule has 1 aromatic heterocycles. The molecule has 0 aliphatic rings. The molecule has 0 spiro atoms. The Balaban J connectivity index is 1.82. The highest BCUT2D eigenvalue weighted by molar-refractivity contribution is 7.99. The van der Waals surface area contributed by atoms with E-state index in [2.05, 4.69) is 13.8 Å². The molecule has 1 heterocycles. The topological polar surface area (TPSA) is 62.8 Å². The van der Waals surface area contributed by atoms with Gasteiger partial charge in [-0.2, -0.15) is 11.8 Å². The molecule has 5 nitrogen and oxygen atoms in total. The summed E-state index contributed by atoms with van der Waals surface area (Å²) in [5, 5.41) is 21.4. The molecule has 3 rings (SSSR count).